The van der Waals surface area contributed by atoms with Crippen molar-refractivity contribution in [2.24, 2.45) is 0 Å². The van der Waals surface area contributed by atoms with Crippen LogP contribution in [0.4, 0.5) is 0 Å². The van der Waals surface area contributed by atoms with Crippen LogP contribution < -0.4 is 0 Å². The predicted molar refractivity (Wildman–Crippen MR) is 70.4 cm³/mol. The number of hydrogen-bond acceptors (Lipinski definition) is 5. The summed E-state index contributed by atoms with van der Waals surface area (Å²) >= 11 is 0. The molecule has 0 aromatic rings. The predicted octanol–water partition coefficient (Wildman–Crippen LogP) is 0.330. The average molecular weight is 258 g/mol. The first-order chi connectivity index (χ1) is 8.76. The van der Waals surface area contributed by atoms with E-state index in [2.05, 4.69) is 9.80 Å². The molecule has 18 heavy (non-hydrogen) atoms. The Morgan fingerprint density at radius 3 is 2.39 bits per heavy atom. The highest BCUT2D eigenvalue weighted by molar-refractivity contribution is 5.71. The Bertz CT molecular complexity index is 228. The van der Waals surface area contributed by atoms with Crippen molar-refractivity contribution in [3.63, 3.8) is 0 Å². The van der Waals surface area contributed by atoms with Crippen molar-refractivity contribution in [1.82, 2.24) is 9.80 Å². The van der Waals surface area contributed by atoms with Gasteiger partial charge in [0.25, 0.3) is 0 Å². The van der Waals surface area contributed by atoms with Crippen LogP contribution >= 0.6 is 0 Å². The monoisotopic (exact) mass is 258 g/mol. The summed E-state index contributed by atoms with van der Waals surface area (Å²) in [4.78, 5) is 15.9. The van der Waals surface area contributed by atoms with E-state index in [-0.39, 0.29) is 5.97 Å². The summed E-state index contributed by atoms with van der Waals surface area (Å²) in [5, 5.41) is 8.70. The van der Waals surface area contributed by atoms with Gasteiger partial charge in [0.05, 0.1) is 13.2 Å². The second-order valence-corrected chi connectivity index (χ2v) is 4.71. The van der Waals surface area contributed by atoms with E-state index in [1.807, 2.05) is 6.92 Å². The van der Waals surface area contributed by atoms with Crippen molar-refractivity contribution in [2.75, 3.05) is 52.5 Å². The number of rotatable bonds is 8. The Morgan fingerprint density at radius 2 is 1.78 bits per heavy atom. The number of esters is 1. The molecule has 0 bridgehead atoms. The first-order valence-electron chi connectivity index (χ1n) is 6.97. The minimum Gasteiger partial charge on any atom is -0.465 e. The highest BCUT2D eigenvalue weighted by atomic mass is 16.5. The summed E-state index contributed by atoms with van der Waals surface area (Å²) in [7, 11) is 0. The van der Waals surface area contributed by atoms with Crippen molar-refractivity contribution in [1.29, 1.82) is 0 Å². The summed E-state index contributed by atoms with van der Waals surface area (Å²) in [6.07, 6.45) is 3.15. The molecular formula is C13H26N2O3. The van der Waals surface area contributed by atoms with Gasteiger partial charge in [-0.05, 0) is 32.7 Å². The quantitative estimate of drug-likeness (QED) is 0.502. The minimum absolute atomic E-state index is 0.117. The third-order valence-corrected chi connectivity index (χ3v) is 3.26. The van der Waals surface area contributed by atoms with Crippen LogP contribution in [0.25, 0.3) is 0 Å². The molecule has 0 radical (unpaired) electrons. The zero-order chi connectivity index (χ0) is 13.2. The topological polar surface area (TPSA) is 53.0 Å². The third kappa shape index (κ3) is 6.33. The van der Waals surface area contributed by atoms with Gasteiger partial charge < -0.3 is 14.7 Å². The molecule has 0 aromatic carbocycles. The molecule has 1 saturated heterocycles. The molecule has 1 aliphatic rings. The van der Waals surface area contributed by atoms with Crippen LogP contribution in [0.5, 0.6) is 0 Å². The standard InChI is InChI=1S/C13H26N2O3/c1-2-18-13(17)12-15-9-7-14(8-10-15)6-4-3-5-11-16/h16H,2-12H2,1H3. The van der Waals surface area contributed by atoms with Crippen LogP contribution in [0.2, 0.25) is 0 Å². The first-order valence-corrected chi connectivity index (χ1v) is 6.97. The molecule has 0 atom stereocenters. The average Bonchev–Trinajstić information content (AvgIpc) is 2.37. The van der Waals surface area contributed by atoms with E-state index in [0.717, 1.165) is 52.0 Å². The second-order valence-electron chi connectivity index (χ2n) is 4.71. The van der Waals surface area contributed by atoms with Gasteiger partial charge in [-0.1, -0.05) is 0 Å². The number of ether oxygens (including phenoxy) is 1. The summed E-state index contributed by atoms with van der Waals surface area (Å²) in [6, 6.07) is 0. The largest absolute Gasteiger partial charge is 0.465 e. The summed E-state index contributed by atoms with van der Waals surface area (Å²) in [6.45, 7) is 8.06. The second kappa shape index (κ2) is 9.30. The number of carbonyl (C=O) groups excluding carboxylic acids is 1. The van der Waals surface area contributed by atoms with Gasteiger partial charge in [-0.2, -0.15) is 0 Å². The van der Waals surface area contributed by atoms with Crippen molar-refractivity contribution in [2.45, 2.75) is 26.2 Å². The Kier molecular flexibility index (Phi) is 7.96. The molecule has 0 amide bonds. The van der Waals surface area contributed by atoms with E-state index < -0.39 is 0 Å². The molecule has 1 heterocycles. The fourth-order valence-corrected chi connectivity index (χ4v) is 2.18. The first kappa shape index (κ1) is 15.4. The van der Waals surface area contributed by atoms with Crippen LogP contribution in [-0.4, -0.2) is 73.4 Å². The van der Waals surface area contributed by atoms with E-state index in [1.54, 1.807) is 0 Å². The van der Waals surface area contributed by atoms with Crippen LogP contribution in [0.15, 0.2) is 0 Å². The van der Waals surface area contributed by atoms with E-state index >= 15 is 0 Å². The lowest BCUT2D eigenvalue weighted by Gasteiger charge is -2.34. The molecule has 0 aliphatic carbocycles. The highest BCUT2D eigenvalue weighted by Gasteiger charge is 2.18. The Morgan fingerprint density at radius 1 is 1.11 bits per heavy atom. The summed E-state index contributed by atoms with van der Waals surface area (Å²) in [5.41, 5.74) is 0. The maximum Gasteiger partial charge on any atom is 0.320 e. The van der Waals surface area contributed by atoms with Gasteiger partial charge in [0, 0.05) is 32.8 Å². The maximum absolute atomic E-state index is 11.3. The van der Waals surface area contributed by atoms with E-state index in [4.69, 9.17) is 9.84 Å². The SMILES string of the molecule is CCOC(=O)CN1CCN(CCCCCO)CC1. The summed E-state index contributed by atoms with van der Waals surface area (Å²) < 4.78 is 4.95. The van der Waals surface area contributed by atoms with Crippen LogP contribution in [-0.2, 0) is 9.53 Å². The highest BCUT2D eigenvalue weighted by Crippen LogP contribution is 2.04. The molecular weight excluding hydrogens is 232 g/mol. The number of aliphatic hydroxyl groups excluding tert-OH is 1. The molecule has 1 fully saturated rings. The van der Waals surface area contributed by atoms with E-state index in [0.29, 0.717) is 19.8 Å². The van der Waals surface area contributed by atoms with Crippen LogP contribution in [0.3, 0.4) is 0 Å². The number of piperazine rings is 1. The molecule has 5 nitrogen and oxygen atoms in total. The van der Waals surface area contributed by atoms with Gasteiger partial charge in [-0.3, -0.25) is 9.69 Å². The van der Waals surface area contributed by atoms with Gasteiger partial charge in [-0.25, -0.2) is 0 Å². The molecule has 1 N–H and O–H groups in total. The zero-order valence-corrected chi connectivity index (χ0v) is 11.4. The van der Waals surface area contributed by atoms with Gasteiger partial charge in [0.1, 0.15) is 0 Å². The van der Waals surface area contributed by atoms with Crippen LogP contribution in [0.1, 0.15) is 26.2 Å². The number of nitrogens with zero attached hydrogens (tertiary/aromatic N) is 2. The third-order valence-electron chi connectivity index (χ3n) is 3.26. The molecule has 1 rings (SSSR count). The van der Waals surface area contributed by atoms with Crippen molar-refractivity contribution >= 4 is 5.97 Å². The smallest absolute Gasteiger partial charge is 0.320 e. The molecule has 0 saturated carbocycles. The Labute approximate surface area is 110 Å². The number of aliphatic hydroxyl groups is 1. The van der Waals surface area contributed by atoms with Gasteiger partial charge in [-0.15, -0.1) is 0 Å². The fraction of sp³-hybridized carbons (Fsp3) is 0.923. The van der Waals surface area contributed by atoms with Gasteiger partial charge in [0.15, 0.2) is 0 Å². The number of carbonyl (C=O) groups is 1. The maximum atomic E-state index is 11.3. The van der Waals surface area contributed by atoms with Crippen molar-refractivity contribution < 1.29 is 14.6 Å². The molecule has 1 aliphatic heterocycles. The molecule has 0 unspecified atom stereocenters. The number of hydrogen-bond donors (Lipinski definition) is 1. The van der Waals surface area contributed by atoms with Crippen molar-refractivity contribution in [3.05, 3.63) is 0 Å². The van der Waals surface area contributed by atoms with Crippen LogP contribution in [0, 0.1) is 0 Å². The van der Waals surface area contributed by atoms with E-state index in [9.17, 15) is 4.79 Å². The molecule has 5 heteroatoms. The van der Waals surface area contributed by atoms with Crippen molar-refractivity contribution in [3.8, 4) is 0 Å². The lowest BCUT2D eigenvalue weighted by molar-refractivity contribution is -0.144. The molecule has 0 aromatic heterocycles. The minimum atomic E-state index is -0.117. The summed E-state index contributed by atoms with van der Waals surface area (Å²) in [5.74, 6) is -0.117. The fourth-order valence-electron chi connectivity index (χ4n) is 2.18. The molecule has 0 spiro atoms. The number of unbranched alkanes of at least 4 members (excludes halogenated alkanes) is 2. The lowest BCUT2D eigenvalue weighted by Crippen LogP contribution is -2.48. The molecule has 106 valence electrons. The zero-order valence-electron chi connectivity index (χ0n) is 11.4. The van der Waals surface area contributed by atoms with Gasteiger partial charge >= 0.3 is 5.97 Å². The Hall–Kier alpha value is -0.650. The lowest BCUT2D eigenvalue weighted by atomic mass is 10.2. The van der Waals surface area contributed by atoms with E-state index in [1.165, 1.54) is 0 Å². The van der Waals surface area contributed by atoms with Gasteiger partial charge in [0.2, 0.25) is 0 Å². The Balaban J connectivity index is 2.07. The normalized spacial score (nSPS) is 17.9.